The van der Waals surface area contributed by atoms with Gasteiger partial charge < -0.3 is 0 Å². The van der Waals surface area contributed by atoms with Gasteiger partial charge >= 0.3 is 0 Å². The van der Waals surface area contributed by atoms with Crippen molar-refractivity contribution >= 4 is 34.4 Å². The molecule has 35 heavy (non-hydrogen) atoms. The van der Waals surface area contributed by atoms with Crippen LogP contribution in [0.1, 0.15) is 31.9 Å². The van der Waals surface area contributed by atoms with Crippen molar-refractivity contribution in [1.82, 2.24) is 0 Å². The summed E-state index contributed by atoms with van der Waals surface area (Å²) in [6, 6.07) is 38.8. The van der Waals surface area contributed by atoms with Crippen LogP contribution in [0.15, 0.2) is 103 Å². The number of hydrogen-bond acceptors (Lipinski definition) is 0. The average molecular weight is 469 g/mol. The van der Waals surface area contributed by atoms with Crippen molar-refractivity contribution in [1.29, 1.82) is 0 Å². The van der Waals surface area contributed by atoms with Crippen LogP contribution in [0.4, 0.5) is 0 Å². The average Bonchev–Trinajstić information content (AvgIpc) is 3.20. The molecule has 5 aromatic rings. The molecule has 0 saturated heterocycles. The van der Waals surface area contributed by atoms with Crippen molar-refractivity contribution in [2.24, 2.45) is 0 Å². The highest BCUT2D eigenvalue weighted by atomic mass is 28.3. The van der Waals surface area contributed by atoms with Crippen LogP contribution in [0.2, 0.25) is 5.04 Å². The third-order valence-electron chi connectivity index (χ3n) is 8.17. The summed E-state index contributed by atoms with van der Waals surface area (Å²) >= 11 is 0. The van der Waals surface area contributed by atoms with Crippen molar-refractivity contribution in [3.63, 3.8) is 0 Å². The molecular formula is C34H32Si. The van der Waals surface area contributed by atoms with E-state index in [1.165, 1.54) is 54.5 Å². The zero-order valence-electron chi connectivity index (χ0n) is 21.3. The Morgan fingerprint density at radius 1 is 0.571 bits per heavy atom. The minimum Gasteiger partial charge on any atom is -0.0624 e. The van der Waals surface area contributed by atoms with Gasteiger partial charge in [-0.1, -0.05) is 124 Å². The first-order valence-electron chi connectivity index (χ1n) is 12.6. The van der Waals surface area contributed by atoms with E-state index in [9.17, 15) is 0 Å². The zero-order chi connectivity index (χ0) is 24.4. The van der Waals surface area contributed by atoms with Crippen LogP contribution >= 0.6 is 0 Å². The summed E-state index contributed by atoms with van der Waals surface area (Å²) in [5.41, 5.74) is 8.49. The Morgan fingerprint density at radius 2 is 1.09 bits per heavy atom. The Labute approximate surface area is 210 Å². The van der Waals surface area contributed by atoms with Crippen molar-refractivity contribution < 1.29 is 0 Å². The molecule has 0 nitrogen and oxygen atoms in total. The molecule has 5 aromatic carbocycles. The Balaban J connectivity index is 1.78. The van der Waals surface area contributed by atoms with Gasteiger partial charge in [0, 0.05) is 0 Å². The molecule has 0 bridgehead atoms. The molecular weight excluding hydrogens is 436 g/mol. The van der Waals surface area contributed by atoms with Gasteiger partial charge in [-0.15, -0.1) is 0 Å². The van der Waals surface area contributed by atoms with Gasteiger partial charge in [0.05, 0.1) is 0 Å². The van der Waals surface area contributed by atoms with Gasteiger partial charge in [-0.2, -0.15) is 0 Å². The highest BCUT2D eigenvalue weighted by Gasteiger charge is 2.50. The van der Waals surface area contributed by atoms with Gasteiger partial charge in [-0.3, -0.25) is 0 Å². The SMILES string of the molecule is Cc1cc([Si](c2ccccc2)(c2ccccc2)C(C)(C)C)c(C)c2c1-c1cccc3cccc-2c13. The summed E-state index contributed by atoms with van der Waals surface area (Å²) < 4.78 is 0. The lowest BCUT2D eigenvalue weighted by atomic mass is 9.95. The van der Waals surface area contributed by atoms with E-state index in [0.717, 1.165) is 0 Å². The molecule has 6 rings (SSSR count). The first-order valence-corrected chi connectivity index (χ1v) is 14.6. The summed E-state index contributed by atoms with van der Waals surface area (Å²) in [5, 5.41) is 7.32. The molecule has 0 spiro atoms. The highest BCUT2D eigenvalue weighted by molar-refractivity contribution is 7.13. The van der Waals surface area contributed by atoms with Crippen LogP contribution in [0.5, 0.6) is 0 Å². The van der Waals surface area contributed by atoms with E-state index >= 15 is 0 Å². The van der Waals surface area contributed by atoms with Crippen molar-refractivity contribution in [3.05, 3.63) is 114 Å². The predicted octanol–water partition coefficient (Wildman–Crippen LogP) is 7.37. The molecule has 0 radical (unpaired) electrons. The second-order valence-corrected chi connectivity index (χ2v) is 15.8. The molecule has 0 aliphatic heterocycles. The number of benzene rings is 5. The third kappa shape index (κ3) is 2.98. The third-order valence-corrected chi connectivity index (χ3v) is 14.1. The predicted molar refractivity (Wildman–Crippen MR) is 155 cm³/mol. The summed E-state index contributed by atoms with van der Waals surface area (Å²) in [6.07, 6.45) is 0. The number of aryl methyl sites for hydroxylation is 1. The zero-order valence-corrected chi connectivity index (χ0v) is 22.3. The number of hydrogen-bond donors (Lipinski definition) is 0. The first kappa shape index (κ1) is 22.1. The van der Waals surface area contributed by atoms with Gasteiger partial charge in [0.2, 0.25) is 0 Å². The second-order valence-electron chi connectivity index (χ2n) is 11.1. The van der Waals surface area contributed by atoms with Crippen molar-refractivity contribution in [2.75, 3.05) is 0 Å². The van der Waals surface area contributed by atoms with Crippen LogP contribution in [-0.4, -0.2) is 8.07 Å². The fraction of sp³-hybridized carbons (Fsp3) is 0.176. The summed E-state index contributed by atoms with van der Waals surface area (Å²) in [6.45, 7) is 12.1. The summed E-state index contributed by atoms with van der Waals surface area (Å²) in [5.74, 6) is 0. The minimum absolute atomic E-state index is 0.0681. The Bertz CT molecular complexity index is 1530. The number of fused-ring (bicyclic) bond motifs is 3. The lowest BCUT2D eigenvalue weighted by Crippen LogP contribution is -2.72. The lowest BCUT2D eigenvalue weighted by Gasteiger charge is -2.46. The highest BCUT2D eigenvalue weighted by Crippen LogP contribution is 2.50. The van der Waals surface area contributed by atoms with Crippen LogP contribution in [0.3, 0.4) is 0 Å². The maximum atomic E-state index is 2.55. The molecule has 0 fully saturated rings. The molecule has 1 aliphatic rings. The number of rotatable bonds is 3. The molecule has 0 amide bonds. The Kier molecular flexibility index (Phi) is 4.91. The van der Waals surface area contributed by atoms with Crippen LogP contribution < -0.4 is 15.6 Å². The van der Waals surface area contributed by atoms with Gasteiger partial charge in [-0.05, 0) is 78.6 Å². The molecule has 0 N–H and O–H groups in total. The van der Waals surface area contributed by atoms with E-state index in [1.54, 1.807) is 5.19 Å². The van der Waals surface area contributed by atoms with Gasteiger partial charge in [0.25, 0.3) is 0 Å². The normalized spacial score (nSPS) is 12.7. The van der Waals surface area contributed by atoms with Gasteiger partial charge in [-0.25, -0.2) is 0 Å². The maximum Gasteiger partial charge on any atom is 0.153 e. The first-order chi connectivity index (χ1) is 16.9. The van der Waals surface area contributed by atoms with Crippen molar-refractivity contribution in [2.45, 2.75) is 39.7 Å². The Morgan fingerprint density at radius 3 is 1.60 bits per heavy atom. The van der Waals surface area contributed by atoms with Crippen LogP contribution in [0.25, 0.3) is 33.0 Å². The Hall–Kier alpha value is -3.42. The largest absolute Gasteiger partial charge is 0.153 e. The lowest BCUT2D eigenvalue weighted by molar-refractivity contribution is 0.739. The summed E-state index contributed by atoms with van der Waals surface area (Å²) in [4.78, 5) is 0. The van der Waals surface area contributed by atoms with E-state index in [4.69, 9.17) is 0 Å². The molecule has 0 aromatic heterocycles. The van der Waals surface area contributed by atoms with E-state index in [0.29, 0.717) is 0 Å². The fourth-order valence-corrected chi connectivity index (χ4v) is 12.9. The minimum atomic E-state index is -2.43. The molecule has 1 aliphatic carbocycles. The molecule has 0 heterocycles. The molecule has 0 atom stereocenters. The topological polar surface area (TPSA) is 0 Å². The van der Waals surface area contributed by atoms with Gasteiger partial charge in [0.15, 0.2) is 8.07 Å². The van der Waals surface area contributed by atoms with E-state index in [2.05, 4.69) is 138 Å². The molecule has 0 saturated carbocycles. The maximum absolute atomic E-state index is 2.55. The molecule has 0 unspecified atom stereocenters. The monoisotopic (exact) mass is 468 g/mol. The molecule has 172 valence electrons. The standard InChI is InChI=1S/C34H32Si/c1-23-22-30(24(2)32-29-21-13-15-25-14-12-20-28(31(23)32)33(25)29)35(34(3,4)5,26-16-8-6-9-17-26)27-18-10-7-11-19-27/h6-22H,1-5H3. The van der Waals surface area contributed by atoms with E-state index in [1.807, 2.05) is 0 Å². The second kappa shape index (κ2) is 7.80. The summed E-state index contributed by atoms with van der Waals surface area (Å²) in [7, 11) is -2.43. The van der Waals surface area contributed by atoms with Crippen molar-refractivity contribution in [3.8, 4) is 22.3 Å². The van der Waals surface area contributed by atoms with E-state index < -0.39 is 8.07 Å². The van der Waals surface area contributed by atoms with Crippen LogP contribution in [0, 0.1) is 13.8 Å². The fourth-order valence-electron chi connectivity index (χ4n) is 6.87. The smallest absolute Gasteiger partial charge is 0.0624 e. The van der Waals surface area contributed by atoms with Gasteiger partial charge in [0.1, 0.15) is 0 Å². The van der Waals surface area contributed by atoms with E-state index in [-0.39, 0.29) is 5.04 Å². The van der Waals surface area contributed by atoms with Crippen LogP contribution in [-0.2, 0) is 0 Å². The quantitative estimate of drug-likeness (QED) is 0.188. The molecule has 1 heteroatoms.